The Morgan fingerprint density at radius 1 is 1.10 bits per heavy atom. The summed E-state index contributed by atoms with van der Waals surface area (Å²) >= 11 is 0. The second kappa shape index (κ2) is 9.87. The Bertz CT molecular complexity index is 959. The van der Waals surface area contributed by atoms with Crippen molar-refractivity contribution in [3.8, 4) is 0 Å². The largest absolute Gasteiger partial charge is 0.462 e. The van der Waals surface area contributed by atoms with E-state index in [0.29, 0.717) is 28.2 Å². The third-order valence-electron chi connectivity index (χ3n) is 4.52. The number of ether oxygens (including phenoxy) is 2. The molecule has 0 aliphatic rings. The van der Waals surface area contributed by atoms with E-state index in [9.17, 15) is 19.2 Å². The Kier molecular flexibility index (Phi) is 7.52. The molecule has 1 aromatic carbocycles. The van der Waals surface area contributed by atoms with Gasteiger partial charge in [0, 0.05) is 29.6 Å². The molecular weight excluding hydrogens is 388 g/mol. The van der Waals surface area contributed by atoms with Gasteiger partial charge in [0.1, 0.15) is 6.54 Å². The van der Waals surface area contributed by atoms with Crippen LogP contribution in [0.4, 0.5) is 5.69 Å². The van der Waals surface area contributed by atoms with Crippen molar-refractivity contribution < 1.29 is 28.7 Å². The van der Waals surface area contributed by atoms with E-state index < -0.39 is 18.0 Å². The number of nitrogens with zero attached hydrogens (tertiary/aromatic N) is 1. The average Bonchev–Trinajstić information content (AvgIpc) is 2.96. The van der Waals surface area contributed by atoms with Gasteiger partial charge in [-0.25, -0.2) is 4.79 Å². The topological polar surface area (TPSA) is 104 Å². The van der Waals surface area contributed by atoms with Crippen molar-refractivity contribution in [3.63, 3.8) is 0 Å². The van der Waals surface area contributed by atoms with Gasteiger partial charge >= 0.3 is 11.9 Å². The van der Waals surface area contributed by atoms with Crippen LogP contribution in [0.15, 0.2) is 30.3 Å². The van der Waals surface area contributed by atoms with Crippen LogP contribution >= 0.6 is 0 Å². The number of hydrogen-bond donors (Lipinski definition) is 1. The van der Waals surface area contributed by atoms with Crippen LogP contribution in [0.1, 0.15) is 52.9 Å². The van der Waals surface area contributed by atoms with E-state index in [1.807, 2.05) is 0 Å². The molecule has 1 amide bonds. The van der Waals surface area contributed by atoms with Gasteiger partial charge in [0.25, 0.3) is 0 Å². The first kappa shape index (κ1) is 22.9. The van der Waals surface area contributed by atoms with E-state index in [2.05, 4.69) is 5.32 Å². The van der Waals surface area contributed by atoms with Crippen molar-refractivity contribution in [2.24, 2.45) is 0 Å². The van der Waals surface area contributed by atoms with Crippen LogP contribution in [0.2, 0.25) is 0 Å². The highest BCUT2D eigenvalue weighted by molar-refractivity contribution is 6.00. The first-order chi connectivity index (χ1) is 14.1. The molecule has 1 heterocycles. The summed E-state index contributed by atoms with van der Waals surface area (Å²) < 4.78 is 12.0. The SMILES string of the molecule is CCOC(=O)c1cc(C)n(CC(=O)O[C@@H](C)C(=O)c2ccc(NC(C)=O)cc2)c1C. The zero-order valence-electron chi connectivity index (χ0n) is 17.8. The number of benzene rings is 1. The maximum atomic E-state index is 12.5. The van der Waals surface area contributed by atoms with Crippen LogP contribution in [-0.4, -0.2) is 40.9 Å². The summed E-state index contributed by atoms with van der Waals surface area (Å²) in [6.07, 6.45) is -0.982. The van der Waals surface area contributed by atoms with Gasteiger partial charge in [-0.15, -0.1) is 0 Å². The highest BCUT2D eigenvalue weighted by Crippen LogP contribution is 2.17. The van der Waals surface area contributed by atoms with Gasteiger partial charge in [0.15, 0.2) is 6.10 Å². The first-order valence-corrected chi connectivity index (χ1v) is 9.59. The van der Waals surface area contributed by atoms with Crippen molar-refractivity contribution in [1.82, 2.24) is 4.57 Å². The van der Waals surface area contributed by atoms with Crippen molar-refractivity contribution >= 4 is 29.3 Å². The van der Waals surface area contributed by atoms with Crippen molar-refractivity contribution in [3.05, 3.63) is 52.8 Å². The lowest BCUT2D eigenvalue weighted by Gasteiger charge is -2.15. The smallest absolute Gasteiger partial charge is 0.339 e. The lowest BCUT2D eigenvalue weighted by atomic mass is 10.1. The molecular formula is C22H26N2O6. The number of rotatable bonds is 8. The van der Waals surface area contributed by atoms with Gasteiger partial charge in [0.2, 0.25) is 11.7 Å². The third kappa shape index (κ3) is 5.56. The van der Waals surface area contributed by atoms with E-state index in [1.165, 1.54) is 13.8 Å². The summed E-state index contributed by atoms with van der Waals surface area (Å²) in [5, 5.41) is 2.62. The normalized spacial score (nSPS) is 11.5. The van der Waals surface area contributed by atoms with Gasteiger partial charge in [-0.2, -0.15) is 0 Å². The molecule has 0 fully saturated rings. The molecule has 1 aromatic heterocycles. The Labute approximate surface area is 175 Å². The molecule has 0 aliphatic heterocycles. The number of Topliss-reactive ketones (excluding diaryl/α,β-unsaturated/α-hetero) is 1. The monoisotopic (exact) mass is 414 g/mol. The van der Waals surface area contributed by atoms with Crippen LogP contribution in [-0.2, 0) is 25.6 Å². The summed E-state index contributed by atoms with van der Waals surface area (Å²) in [7, 11) is 0. The minimum Gasteiger partial charge on any atom is -0.462 e. The fraction of sp³-hybridized carbons (Fsp3) is 0.364. The van der Waals surface area contributed by atoms with E-state index in [0.717, 1.165) is 0 Å². The average molecular weight is 414 g/mol. The summed E-state index contributed by atoms with van der Waals surface area (Å²) in [5.41, 5.74) is 2.63. The maximum Gasteiger partial charge on any atom is 0.339 e. The van der Waals surface area contributed by atoms with Gasteiger partial charge in [-0.05, 0) is 58.0 Å². The Morgan fingerprint density at radius 3 is 2.30 bits per heavy atom. The number of hydrogen-bond acceptors (Lipinski definition) is 6. The minimum absolute atomic E-state index is 0.129. The number of aryl methyl sites for hydroxylation is 1. The molecule has 0 radical (unpaired) electrons. The first-order valence-electron chi connectivity index (χ1n) is 9.59. The predicted octanol–water partition coefficient (Wildman–Crippen LogP) is 3.05. The highest BCUT2D eigenvalue weighted by Gasteiger charge is 2.22. The molecule has 1 N–H and O–H groups in total. The summed E-state index contributed by atoms with van der Waals surface area (Å²) in [5.74, 6) is -1.61. The number of anilines is 1. The zero-order chi connectivity index (χ0) is 22.4. The molecule has 160 valence electrons. The third-order valence-corrected chi connectivity index (χ3v) is 4.52. The number of ketones is 1. The predicted molar refractivity (Wildman–Crippen MR) is 110 cm³/mol. The fourth-order valence-electron chi connectivity index (χ4n) is 3.03. The lowest BCUT2D eigenvalue weighted by Crippen LogP contribution is -2.27. The van der Waals surface area contributed by atoms with E-state index in [4.69, 9.17) is 9.47 Å². The molecule has 0 bridgehead atoms. The van der Waals surface area contributed by atoms with E-state index in [1.54, 1.807) is 55.7 Å². The number of esters is 2. The molecule has 1 atom stereocenters. The summed E-state index contributed by atoms with van der Waals surface area (Å²) in [6.45, 7) is 8.24. The van der Waals surface area contributed by atoms with Gasteiger partial charge < -0.3 is 19.4 Å². The van der Waals surface area contributed by atoms with Crippen molar-refractivity contribution in [2.45, 2.75) is 47.3 Å². The molecule has 8 heteroatoms. The molecule has 0 saturated heterocycles. The summed E-state index contributed by atoms with van der Waals surface area (Å²) in [6, 6.07) is 7.98. The van der Waals surface area contributed by atoms with Crippen molar-refractivity contribution in [1.29, 1.82) is 0 Å². The Hall–Kier alpha value is -3.42. The van der Waals surface area contributed by atoms with Crippen molar-refractivity contribution in [2.75, 3.05) is 11.9 Å². The number of nitrogens with one attached hydrogen (secondary N) is 1. The number of amides is 1. The van der Waals surface area contributed by atoms with Gasteiger partial charge in [-0.3, -0.25) is 14.4 Å². The quantitative estimate of drug-likeness (QED) is 0.526. The Morgan fingerprint density at radius 2 is 1.73 bits per heavy atom. The van der Waals surface area contributed by atoms with Crippen LogP contribution in [0.5, 0.6) is 0 Å². The van der Waals surface area contributed by atoms with E-state index >= 15 is 0 Å². The minimum atomic E-state index is -0.982. The number of aromatic nitrogens is 1. The lowest BCUT2D eigenvalue weighted by molar-refractivity contribution is -0.147. The van der Waals surface area contributed by atoms with E-state index in [-0.39, 0.29) is 24.8 Å². The van der Waals surface area contributed by atoms with Gasteiger partial charge in [0.05, 0.1) is 12.2 Å². The molecule has 0 unspecified atom stereocenters. The summed E-state index contributed by atoms with van der Waals surface area (Å²) in [4.78, 5) is 48.0. The standard InChI is InChI=1S/C22H26N2O6/c1-6-29-22(28)19-11-13(2)24(14(19)3)12-20(26)30-15(4)21(27)17-7-9-18(10-8-17)23-16(5)25/h7-11,15H,6,12H2,1-5H3,(H,23,25)/t15-/m0/s1. The molecule has 2 aromatic rings. The molecule has 0 aliphatic carbocycles. The van der Waals surface area contributed by atoms with Gasteiger partial charge in [-0.1, -0.05) is 0 Å². The molecule has 8 nitrogen and oxygen atoms in total. The maximum absolute atomic E-state index is 12.5. The second-order valence-electron chi connectivity index (χ2n) is 6.85. The highest BCUT2D eigenvalue weighted by atomic mass is 16.5. The van der Waals surface area contributed by atoms with Crippen LogP contribution in [0.25, 0.3) is 0 Å². The van der Waals surface area contributed by atoms with Crippen LogP contribution in [0.3, 0.4) is 0 Å². The molecule has 30 heavy (non-hydrogen) atoms. The second-order valence-corrected chi connectivity index (χ2v) is 6.85. The molecule has 0 saturated carbocycles. The van der Waals surface area contributed by atoms with Crippen LogP contribution in [0, 0.1) is 13.8 Å². The Balaban J connectivity index is 2.03. The van der Waals surface area contributed by atoms with Crippen LogP contribution < -0.4 is 5.32 Å². The number of carbonyl (C=O) groups is 4. The fourth-order valence-corrected chi connectivity index (χ4v) is 3.03. The molecule has 2 rings (SSSR count). The molecule has 0 spiro atoms. The number of carbonyl (C=O) groups excluding carboxylic acids is 4. The zero-order valence-corrected chi connectivity index (χ0v) is 17.8.